The number of nitrogens with one attached hydrogen (secondary N) is 1. The molecule has 0 bridgehead atoms. The molecule has 154 valence electrons. The average Bonchev–Trinajstić information content (AvgIpc) is 3.28. The monoisotopic (exact) mass is 396 g/mol. The Labute approximate surface area is 170 Å². The number of piperidine rings is 2. The van der Waals surface area contributed by atoms with Crippen LogP contribution in [0, 0.1) is 11.8 Å². The van der Waals surface area contributed by atoms with Gasteiger partial charge in [-0.25, -0.2) is 0 Å². The van der Waals surface area contributed by atoms with Gasteiger partial charge in [-0.1, -0.05) is 18.6 Å². The summed E-state index contributed by atoms with van der Waals surface area (Å²) >= 11 is 0. The molecule has 7 heteroatoms. The van der Waals surface area contributed by atoms with Crippen LogP contribution >= 0.6 is 0 Å². The Morgan fingerprint density at radius 2 is 1.97 bits per heavy atom. The fourth-order valence-electron chi connectivity index (χ4n) is 5.86. The molecule has 4 atom stereocenters. The molecule has 3 amide bonds. The van der Waals surface area contributed by atoms with Crippen LogP contribution in [0.3, 0.4) is 0 Å². The van der Waals surface area contributed by atoms with E-state index in [9.17, 15) is 14.4 Å². The molecule has 2 saturated heterocycles. The van der Waals surface area contributed by atoms with E-state index in [-0.39, 0.29) is 30.2 Å². The molecule has 3 heterocycles. The smallest absolute Gasteiger partial charge is 0.255 e. The number of imide groups is 1. The molecule has 3 aliphatic heterocycles. The average molecular weight is 396 g/mol. The molecule has 7 nitrogen and oxygen atoms in total. The van der Waals surface area contributed by atoms with E-state index < -0.39 is 6.04 Å². The van der Waals surface area contributed by atoms with E-state index in [0.717, 1.165) is 30.8 Å². The summed E-state index contributed by atoms with van der Waals surface area (Å²) in [6, 6.07) is 5.54. The van der Waals surface area contributed by atoms with Gasteiger partial charge in [0, 0.05) is 44.2 Å². The lowest BCUT2D eigenvalue weighted by Crippen LogP contribution is -2.52. The summed E-state index contributed by atoms with van der Waals surface area (Å²) in [4.78, 5) is 40.8. The zero-order valence-corrected chi connectivity index (χ0v) is 16.6. The minimum absolute atomic E-state index is 0.109. The lowest BCUT2D eigenvalue weighted by Gasteiger charge is -2.39. The Kier molecular flexibility index (Phi) is 4.67. The zero-order valence-electron chi connectivity index (χ0n) is 16.6. The van der Waals surface area contributed by atoms with E-state index in [1.807, 2.05) is 12.1 Å². The number of amides is 3. The molecule has 1 saturated carbocycles. The van der Waals surface area contributed by atoms with E-state index >= 15 is 0 Å². The van der Waals surface area contributed by atoms with Gasteiger partial charge in [0.1, 0.15) is 6.04 Å². The highest BCUT2D eigenvalue weighted by atomic mass is 16.2. The number of likely N-dealkylation sites (tertiary alicyclic amines) is 1. The van der Waals surface area contributed by atoms with Gasteiger partial charge in [-0.05, 0) is 48.3 Å². The van der Waals surface area contributed by atoms with Gasteiger partial charge in [0.15, 0.2) is 0 Å². The molecule has 3 fully saturated rings. The highest BCUT2D eigenvalue weighted by Crippen LogP contribution is 2.38. The maximum absolute atomic E-state index is 13.0. The van der Waals surface area contributed by atoms with E-state index in [2.05, 4.69) is 16.3 Å². The van der Waals surface area contributed by atoms with Crippen LogP contribution in [-0.2, 0) is 22.7 Å². The predicted molar refractivity (Wildman–Crippen MR) is 107 cm³/mol. The van der Waals surface area contributed by atoms with Crippen LogP contribution in [0.25, 0.3) is 0 Å². The van der Waals surface area contributed by atoms with E-state index in [1.54, 1.807) is 4.90 Å². The van der Waals surface area contributed by atoms with Gasteiger partial charge in [-0.2, -0.15) is 0 Å². The van der Waals surface area contributed by atoms with Crippen molar-refractivity contribution in [2.75, 3.05) is 13.1 Å². The molecule has 4 aliphatic rings. The van der Waals surface area contributed by atoms with Crippen LogP contribution in [0.5, 0.6) is 0 Å². The highest BCUT2D eigenvalue weighted by Gasteiger charge is 2.41. The Morgan fingerprint density at radius 3 is 2.79 bits per heavy atom. The van der Waals surface area contributed by atoms with Crippen LogP contribution in [0.2, 0.25) is 0 Å². The third-order valence-electron chi connectivity index (χ3n) is 7.30. The quantitative estimate of drug-likeness (QED) is 0.744. The normalized spacial score (nSPS) is 32.3. The molecule has 1 aromatic carbocycles. The molecule has 0 aromatic heterocycles. The van der Waals surface area contributed by atoms with E-state index in [4.69, 9.17) is 5.73 Å². The summed E-state index contributed by atoms with van der Waals surface area (Å²) in [5.41, 5.74) is 9.32. The number of hydrogen-bond acceptors (Lipinski definition) is 5. The second-order valence-electron chi connectivity index (χ2n) is 9.06. The number of carbonyl (C=O) groups is 3. The van der Waals surface area contributed by atoms with Gasteiger partial charge in [0.25, 0.3) is 5.91 Å². The van der Waals surface area contributed by atoms with Gasteiger partial charge in [0.05, 0.1) is 0 Å². The first-order valence-electron chi connectivity index (χ1n) is 10.7. The summed E-state index contributed by atoms with van der Waals surface area (Å²) in [5, 5.41) is 2.37. The molecule has 1 aromatic rings. The minimum atomic E-state index is -0.567. The largest absolute Gasteiger partial charge is 0.326 e. The van der Waals surface area contributed by atoms with Crippen LogP contribution in [0.1, 0.15) is 53.6 Å². The summed E-state index contributed by atoms with van der Waals surface area (Å²) in [6.45, 7) is 3.20. The first-order valence-corrected chi connectivity index (χ1v) is 10.7. The topological polar surface area (TPSA) is 95.7 Å². The Hall–Kier alpha value is -2.25. The zero-order chi connectivity index (χ0) is 20.1. The third-order valence-corrected chi connectivity index (χ3v) is 7.30. The molecule has 1 aliphatic carbocycles. The van der Waals surface area contributed by atoms with Crippen molar-refractivity contribution in [3.8, 4) is 0 Å². The SMILES string of the molecule is NC1CN(Cc2cccc3c2CN(C2CCC(=O)NC2=O)C3=O)CC2CCCC12. The van der Waals surface area contributed by atoms with Crippen LogP contribution in [0.4, 0.5) is 0 Å². The first kappa shape index (κ1) is 18.8. The summed E-state index contributed by atoms with van der Waals surface area (Å²) in [5.74, 6) is 0.623. The van der Waals surface area contributed by atoms with Crippen molar-refractivity contribution in [2.45, 2.75) is 57.3 Å². The van der Waals surface area contributed by atoms with Crippen molar-refractivity contribution < 1.29 is 14.4 Å². The lowest BCUT2D eigenvalue weighted by atomic mass is 9.85. The van der Waals surface area contributed by atoms with Crippen molar-refractivity contribution in [1.29, 1.82) is 0 Å². The number of fused-ring (bicyclic) bond motifs is 2. The Balaban J connectivity index is 1.34. The van der Waals surface area contributed by atoms with Gasteiger partial charge in [0.2, 0.25) is 11.8 Å². The number of benzene rings is 1. The first-order chi connectivity index (χ1) is 14.0. The highest BCUT2D eigenvalue weighted by molar-refractivity contribution is 6.05. The van der Waals surface area contributed by atoms with Crippen molar-refractivity contribution in [3.63, 3.8) is 0 Å². The lowest BCUT2D eigenvalue weighted by molar-refractivity contribution is -0.136. The molecule has 4 unspecified atom stereocenters. The van der Waals surface area contributed by atoms with Crippen LogP contribution in [0.15, 0.2) is 18.2 Å². The Morgan fingerprint density at radius 1 is 1.10 bits per heavy atom. The summed E-state index contributed by atoms with van der Waals surface area (Å²) in [7, 11) is 0. The van der Waals surface area contributed by atoms with Gasteiger partial charge in [-0.15, -0.1) is 0 Å². The number of hydrogen-bond donors (Lipinski definition) is 2. The van der Waals surface area contributed by atoms with E-state index in [0.29, 0.717) is 30.4 Å². The third kappa shape index (κ3) is 3.26. The number of nitrogens with two attached hydrogens (primary N) is 1. The molecule has 0 spiro atoms. The second kappa shape index (κ2) is 7.22. The minimum Gasteiger partial charge on any atom is -0.326 e. The number of carbonyl (C=O) groups excluding carboxylic acids is 3. The van der Waals surface area contributed by atoms with Gasteiger partial charge >= 0.3 is 0 Å². The maximum Gasteiger partial charge on any atom is 0.255 e. The Bertz CT molecular complexity index is 870. The van der Waals surface area contributed by atoms with Gasteiger partial charge in [-0.3, -0.25) is 24.6 Å². The number of rotatable bonds is 3. The molecular formula is C22H28N4O3. The molecular weight excluding hydrogens is 368 g/mol. The fourth-order valence-corrected chi connectivity index (χ4v) is 5.86. The maximum atomic E-state index is 13.0. The summed E-state index contributed by atoms with van der Waals surface area (Å²) in [6.07, 6.45) is 4.48. The predicted octanol–water partition coefficient (Wildman–Crippen LogP) is 1.01. The molecule has 0 radical (unpaired) electrons. The molecule has 29 heavy (non-hydrogen) atoms. The van der Waals surface area contributed by atoms with Crippen molar-refractivity contribution in [2.24, 2.45) is 17.6 Å². The molecule has 5 rings (SSSR count). The van der Waals surface area contributed by atoms with Crippen molar-refractivity contribution >= 4 is 17.7 Å². The fraction of sp³-hybridized carbons (Fsp3) is 0.591. The number of nitrogens with zero attached hydrogens (tertiary/aromatic N) is 2. The van der Waals surface area contributed by atoms with Crippen molar-refractivity contribution in [3.05, 3.63) is 34.9 Å². The van der Waals surface area contributed by atoms with E-state index in [1.165, 1.54) is 19.3 Å². The molecule has 3 N–H and O–H groups in total. The van der Waals surface area contributed by atoms with Gasteiger partial charge < -0.3 is 10.6 Å². The van der Waals surface area contributed by atoms with Crippen LogP contribution in [-0.4, -0.2) is 52.7 Å². The summed E-state index contributed by atoms with van der Waals surface area (Å²) < 4.78 is 0. The van der Waals surface area contributed by atoms with Crippen LogP contribution < -0.4 is 11.1 Å². The standard InChI is InChI=1S/C22H28N4O3/c23-18-12-25(9-13-3-1-5-15(13)18)10-14-4-2-6-16-17(14)11-26(22(16)29)19-7-8-20(27)24-21(19)28/h2,4,6,13,15,18-19H,1,3,5,7-12,23H2,(H,24,27,28). The van der Waals surface area contributed by atoms with Crippen molar-refractivity contribution in [1.82, 2.24) is 15.1 Å². The second-order valence-corrected chi connectivity index (χ2v) is 9.06.